The summed E-state index contributed by atoms with van der Waals surface area (Å²) in [5.41, 5.74) is 0.788. The maximum absolute atomic E-state index is 14.6. The van der Waals surface area contributed by atoms with E-state index in [0.717, 1.165) is 43.8 Å². The number of piperazine rings is 1. The molecule has 1 N–H and O–H groups in total. The van der Waals surface area contributed by atoms with Gasteiger partial charge in [-0.05, 0) is 49.6 Å². The molecule has 0 saturated carbocycles. The first-order valence-electron chi connectivity index (χ1n) is 11.3. The number of hydrogen-bond donors (Lipinski definition) is 1. The van der Waals surface area contributed by atoms with E-state index in [1.807, 2.05) is 30.3 Å². The number of halogens is 2. The fourth-order valence-electron chi connectivity index (χ4n) is 5.65. The minimum atomic E-state index is -0.710. The number of hydrazone groups is 1. The second-order valence-electron chi connectivity index (χ2n) is 9.17. The zero-order valence-electron chi connectivity index (χ0n) is 18.2. The maximum atomic E-state index is 14.6. The summed E-state index contributed by atoms with van der Waals surface area (Å²) in [5, 5.41) is 9.58. The second-order valence-corrected chi connectivity index (χ2v) is 9.17. The molecule has 0 spiro atoms. The van der Waals surface area contributed by atoms with Crippen LogP contribution < -0.4 is 5.32 Å². The number of fused-ring (bicyclic) bond motifs is 2. The molecule has 3 heterocycles. The highest BCUT2D eigenvalue weighted by atomic mass is 19.1. The quantitative estimate of drug-likeness (QED) is 0.749. The van der Waals surface area contributed by atoms with Gasteiger partial charge in [0.25, 0.3) is 0 Å². The molecule has 5 rings (SSSR count). The van der Waals surface area contributed by atoms with E-state index in [1.54, 1.807) is 0 Å². The van der Waals surface area contributed by atoms with Gasteiger partial charge in [0, 0.05) is 44.1 Å². The van der Waals surface area contributed by atoms with Crippen LogP contribution in [0.15, 0.2) is 53.6 Å². The molecule has 3 aliphatic rings. The van der Waals surface area contributed by atoms with Crippen LogP contribution in [0, 0.1) is 11.6 Å². The highest BCUT2D eigenvalue weighted by Crippen LogP contribution is 2.43. The van der Waals surface area contributed by atoms with Crippen molar-refractivity contribution in [3.63, 3.8) is 0 Å². The summed E-state index contributed by atoms with van der Waals surface area (Å²) < 4.78 is 28.5. The standard InChI is InChI=1S/C25H28F2N4O/c1-17(32)31-25(18-6-3-2-4-7-18,10-5-11-30-16-20-13-21(30)15-28-20)14-24(29-31)22-12-19(26)8-9-23(22)27/h2-4,6-9,12,20-21,28H,5,10-11,13-16H2,1H3/t20?,21?,25-/m1/s1. The number of amides is 1. The molecule has 5 nitrogen and oxygen atoms in total. The maximum Gasteiger partial charge on any atom is 0.240 e. The molecule has 2 aromatic rings. The minimum Gasteiger partial charge on any atom is -0.311 e. The van der Waals surface area contributed by atoms with Crippen molar-refractivity contribution in [1.82, 2.24) is 15.2 Å². The van der Waals surface area contributed by atoms with Crippen LogP contribution >= 0.6 is 0 Å². The molecular formula is C25H28F2N4O. The lowest BCUT2D eigenvalue weighted by Gasteiger charge is -2.37. The molecule has 2 unspecified atom stereocenters. The van der Waals surface area contributed by atoms with Crippen LogP contribution in [0.25, 0.3) is 0 Å². The van der Waals surface area contributed by atoms with Gasteiger partial charge in [-0.3, -0.25) is 9.69 Å². The van der Waals surface area contributed by atoms with Crippen LogP contribution in [-0.4, -0.2) is 53.2 Å². The van der Waals surface area contributed by atoms with E-state index in [-0.39, 0.29) is 11.5 Å². The molecule has 3 atom stereocenters. The summed E-state index contributed by atoms with van der Waals surface area (Å²) in [6.45, 7) is 4.54. The summed E-state index contributed by atoms with van der Waals surface area (Å²) in [5.74, 6) is -1.25. The zero-order chi connectivity index (χ0) is 22.3. The average molecular weight is 439 g/mol. The molecule has 2 aromatic carbocycles. The molecule has 2 saturated heterocycles. The van der Waals surface area contributed by atoms with Gasteiger partial charge in [0.2, 0.25) is 5.91 Å². The highest BCUT2D eigenvalue weighted by Gasteiger charge is 2.47. The summed E-state index contributed by atoms with van der Waals surface area (Å²) in [4.78, 5) is 15.2. The van der Waals surface area contributed by atoms with E-state index in [9.17, 15) is 13.6 Å². The molecule has 0 aliphatic carbocycles. The molecule has 3 aliphatic heterocycles. The summed E-state index contributed by atoms with van der Waals surface area (Å²) in [6, 6.07) is 14.4. The number of hydrogen-bond acceptors (Lipinski definition) is 4. The molecule has 0 aromatic heterocycles. The number of carbonyl (C=O) groups is 1. The topological polar surface area (TPSA) is 47.9 Å². The van der Waals surface area contributed by atoms with E-state index in [0.29, 0.717) is 30.6 Å². The Bertz CT molecular complexity index is 1040. The molecule has 168 valence electrons. The lowest BCUT2D eigenvalue weighted by molar-refractivity contribution is -0.135. The van der Waals surface area contributed by atoms with E-state index in [1.165, 1.54) is 24.4 Å². The Morgan fingerprint density at radius 3 is 2.72 bits per heavy atom. The van der Waals surface area contributed by atoms with Gasteiger partial charge >= 0.3 is 0 Å². The van der Waals surface area contributed by atoms with E-state index >= 15 is 0 Å². The third-order valence-corrected chi connectivity index (χ3v) is 7.14. The van der Waals surface area contributed by atoms with Gasteiger partial charge in [-0.2, -0.15) is 5.10 Å². The van der Waals surface area contributed by atoms with Crippen molar-refractivity contribution in [2.24, 2.45) is 5.10 Å². The molecule has 7 heteroatoms. The zero-order valence-corrected chi connectivity index (χ0v) is 18.2. The van der Waals surface area contributed by atoms with Crippen molar-refractivity contribution in [2.75, 3.05) is 19.6 Å². The van der Waals surface area contributed by atoms with Crippen molar-refractivity contribution >= 4 is 11.6 Å². The average Bonchev–Trinajstić information content (AvgIpc) is 3.51. The van der Waals surface area contributed by atoms with Crippen molar-refractivity contribution in [3.8, 4) is 0 Å². The van der Waals surface area contributed by atoms with Gasteiger partial charge in [-0.25, -0.2) is 13.8 Å². The fourth-order valence-corrected chi connectivity index (χ4v) is 5.65. The smallest absolute Gasteiger partial charge is 0.240 e. The normalized spacial score (nSPS) is 27.2. The van der Waals surface area contributed by atoms with E-state index < -0.39 is 17.2 Å². The Morgan fingerprint density at radius 2 is 2.03 bits per heavy atom. The summed E-state index contributed by atoms with van der Waals surface area (Å²) in [7, 11) is 0. The first-order chi connectivity index (χ1) is 15.5. The largest absolute Gasteiger partial charge is 0.311 e. The number of nitrogens with one attached hydrogen (secondary N) is 1. The van der Waals surface area contributed by atoms with Gasteiger partial charge in [-0.1, -0.05) is 30.3 Å². The van der Waals surface area contributed by atoms with Crippen LogP contribution in [0.5, 0.6) is 0 Å². The number of benzene rings is 2. The Kier molecular flexibility index (Phi) is 5.55. The third-order valence-electron chi connectivity index (χ3n) is 7.14. The van der Waals surface area contributed by atoms with Gasteiger partial charge in [0.1, 0.15) is 11.6 Å². The molecule has 0 radical (unpaired) electrons. The Balaban J connectivity index is 1.45. The highest BCUT2D eigenvalue weighted by molar-refractivity contribution is 6.03. The fraction of sp³-hybridized carbons (Fsp3) is 0.440. The van der Waals surface area contributed by atoms with Gasteiger partial charge < -0.3 is 5.32 Å². The van der Waals surface area contributed by atoms with Gasteiger partial charge in [0.05, 0.1) is 11.3 Å². The summed E-state index contributed by atoms with van der Waals surface area (Å²) in [6.07, 6.45) is 3.14. The second kappa shape index (κ2) is 8.37. The monoisotopic (exact) mass is 438 g/mol. The number of carbonyl (C=O) groups excluding carboxylic acids is 1. The molecule has 32 heavy (non-hydrogen) atoms. The molecule has 2 fully saturated rings. The Morgan fingerprint density at radius 1 is 1.22 bits per heavy atom. The van der Waals surface area contributed by atoms with E-state index in [2.05, 4.69) is 15.3 Å². The van der Waals surface area contributed by atoms with Crippen LogP contribution in [0.1, 0.15) is 43.7 Å². The van der Waals surface area contributed by atoms with Crippen LogP contribution in [0.4, 0.5) is 8.78 Å². The first-order valence-corrected chi connectivity index (χ1v) is 11.3. The third kappa shape index (κ3) is 3.73. The van der Waals surface area contributed by atoms with E-state index in [4.69, 9.17) is 0 Å². The van der Waals surface area contributed by atoms with Gasteiger partial charge in [0.15, 0.2) is 0 Å². The first kappa shape index (κ1) is 21.2. The van der Waals surface area contributed by atoms with Crippen molar-refractivity contribution < 1.29 is 13.6 Å². The molecule has 1 amide bonds. The predicted molar refractivity (Wildman–Crippen MR) is 119 cm³/mol. The molecule has 2 bridgehead atoms. The summed E-state index contributed by atoms with van der Waals surface area (Å²) >= 11 is 0. The van der Waals surface area contributed by atoms with Crippen LogP contribution in [-0.2, 0) is 10.3 Å². The van der Waals surface area contributed by atoms with Crippen molar-refractivity contribution in [2.45, 2.75) is 50.2 Å². The van der Waals surface area contributed by atoms with Crippen LogP contribution in [0.2, 0.25) is 0 Å². The van der Waals surface area contributed by atoms with Crippen molar-refractivity contribution in [3.05, 3.63) is 71.3 Å². The minimum absolute atomic E-state index is 0.122. The Hall–Kier alpha value is -2.64. The SMILES string of the molecule is CC(=O)N1N=C(c2cc(F)ccc2F)C[C@]1(CCCN1CC2CC1CN2)c1ccccc1. The molecular weight excluding hydrogens is 410 g/mol. The lowest BCUT2D eigenvalue weighted by atomic mass is 9.80. The Labute approximate surface area is 187 Å². The van der Waals surface area contributed by atoms with Gasteiger partial charge in [-0.15, -0.1) is 0 Å². The lowest BCUT2D eigenvalue weighted by Crippen LogP contribution is -2.45. The number of nitrogens with zero attached hydrogens (tertiary/aromatic N) is 3. The number of likely N-dealkylation sites (tertiary alicyclic amines) is 1. The number of rotatable bonds is 6. The van der Waals surface area contributed by atoms with Crippen molar-refractivity contribution in [1.29, 1.82) is 0 Å². The van der Waals surface area contributed by atoms with Crippen LogP contribution in [0.3, 0.4) is 0 Å². The predicted octanol–water partition coefficient (Wildman–Crippen LogP) is 3.64.